The Balaban J connectivity index is 2.33. The molecule has 0 fully saturated rings. The molecule has 0 saturated carbocycles. The van der Waals surface area contributed by atoms with E-state index < -0.39 is 6.10 Å². The van der Waals surface area contributed by atoms with Crippen LogP contribution in [0.1, 0.15) is 12.6 Å². The molecule has 4 nitrogen and oxygen atoms in total. The smallest absolute Gasteiger partial charge is 0.0730 e. The highest BCUT2D eigenvalue weighted by atomic mass is 35.5. The third-order valence-electron chi connectivity index (χ3n) is 2.20. The van der Waals surface area contributed by atoms with Crippen LogP contribution in [0.3, 0.4) is 0 Å². The van der Waals surface area contributed by atoms with Crippen molar-refractivity contribution in [1.82, 2.24) is 15.0 Å². The van der Waals surface area contributed by atoms with Crippen molar-refractivity contribution in [2.45, 2.75) is 19.4 Å². The molecule has 0 aliphatic heterocycles. The predicted molar refractivity (Wildman–Crippen MR) is 61.8 cm³/mol. The van der Waals surface area contributed by atoms with Crippen LogP contribution in [0.4, 0.5) is 0 Å². The summed E-state index contributed by atoms with van der Waals surface area (Å²) in [6.07, 6.45) is 1.77. The Morgan fingerprint density at radius 2 is 2.06 bits per heavy atom. The van der Waals surface area contributed by atoms with E-state index in [-0.39, 0.29) is 0 Å². The number of halogens is 1. The van der Waals surface area contributed by atoms with Crippen LogP contribution in [0.25, 0.3) is 5.69 Å². The highest BCUT2D eigenvalue weighted by molar-refractivity contribution is 6.30. The van der Waals surface area contributed by atoms with Crippen molar-refractivity contribution in [3.05, 3.63) is 41.2 Å². The number of rotatable bonds is 3. The minimum absolute atomic E-state index is 0.412. The topological polar surface area (TPSA) is 50.9 Å². The summed E-state index contributed by atoms with van der Waals surface area (Å²) in [5.41, 5.74) is 1.76. The molecule has 5 heteroatoms. The van der Waals surface area contributed by atoms with Gasteiger partial charge in [-0.1, -0.05) is 16.8 Å². The first-order valence-corrected chi connectivity index (χ1v) is 5.38. The molecule has 2 rings (SSSR count). The van der Waals surface area contributed by atoms with Gasteiger partial charge in [-0.2, -0.15) is 0 Å². The number of aromatic nitrogens is 3. The lowest BCUT2D eigenvalue weighted by molar-refractivity contribution is 0.193. The molecule has 0 aliphatic carbocycles. The van der Waals surface area contributed by atoms with Gasteiger partial charge >= 0.3 is 0 Å². The molecule has 1 aromatic heterocycles. The third-order valence-corrected chi connectivity index (χ3v) is 2.45. The fourth-order valence-corrected chi connectivity index (χ4v) is 1.62. The van der Waals surface area contributed by atoms with Gasteiger partial charge in [0, 0.05) is 11.4 Å². The van der Waals surface area contributed by atoms with E-state index in [4.69, 9.17) is 11.6 Å². The molecule has 84 valence electrons. The molecule has 1 unspecified atom stereocenters. The van der Waals surface area contributed by atoms with E-state index in [1.54, 1.807) is 29.9 Å². The fourth-order valence-electron chi connectivity index (χ4n) is 1.50. The summed E-state index contributed by atoms with van der Waals surface area (Å²) in [4.78, 5) is 0. The summed E-state index contributed by atoms with van der Waals surface area (Å²) in [5.74, 6) is 0. The lowest BCUT2D eigenvalue weighted by Crippen LogP contribution is -2.10. The molecule has 0 spiro atoms. The van der Waals surface area contributed by atoms with E-state index in [9.17, 15) is 5.11 Å². The van der Waals surface area contributed by atoms with E-state index in [1.165, 1.54) is 0 Å². The molecular formula is C11H12ClN3O. The van der Waals surface area contributed by atoms with E-state index in [1.807, 2.05) is 12.1 Å². The Hall–Kier alpha value is -1.39. The van der Waals surface area contributed by atoms with Gasteiger partial charge in [0.15, 0.2) is 0 Å². The maximum Gasteiger partial charge on any atom is 0.0730 e. The Morgan fingerprint density at radius 3 is 2.69 bits per heavy atom. The Kier molecular flexibility index (Phi) is 3.22. The molecule has 0 amide bonds. The lowest BCUT2D eigenvalue weighted by atomic mass is 10.2. The lowest BCUT2D eigenvalue weighted by Gasteiger charge is -2.07. The zero-order valence-corrected chi connectivity index (χ0v) is 9.59. The summed E-state index contributed by atoms with van der Waals surface area (Å²) < 4.78 is 1.70. The molecular weight excluding hydrogens is 226 g/mol. The van der Waals surface area contributed by atoms with Gasteiger partial charge in [0.05, 0.1) is 23.7 Å². The minimum Gasteiger partial charge on any atom is -0.393 e. The van der Waals surface area contributed by atoms with E-state index >= 15 is 0 Å². The van der Waals surface area contributed by atoms with Crippen molar-refractivity contribution < 1.29 is 5.11 Å². The average molecular weight is 238 g/mol. The molecule has 0 radical (unpaired) electrons. The number of aliphatic hydroxyl groups is 1. The molecule has 2 aromatic rings. The molecule has 0 saturated heterocycles. The predicted octanol–water partition coefficient (Wildman–Crippen LogP) is 1.84. The summed E-state index contributed by atoms with van der Waals surface area (Å²) in [6, 6.07) is 7.32. The number of nitrogens with zero attached hydrogens (tertiary/aromatic N) is 3. The van der Waals surface area contributed by atoms with Crippen molar-refractivity contribution in [3.63, 3.8) is 0 Å². The summed E-state index contributed by atoms with van der Waals surface area (Å²) in [7, 11) is 0. The van der Waals surface area contributed by atoms with Gasteiger partial charge in [-0.15, -0.1) is 5.10 Å². The van der Waals surface area contributed by atoms with Gasteiger partial charge in [-0.3, -0.25) is 0 Å². The van der Waals surface area contributed by atoms with Crippen molar-refractivity contribution in [1.29, 1.82) is 0 Å². The van der Waals surface area contributed by atoms with Crippen LogP contribution < -0.4 is 0 Å². The van der Waals surface area contributed by atoms with E-state index in [2.05, 4.69) is 10.3 Å². The zero-order chi connectivity index (χ0) is 11.5. The second kappa shape index (κ2) is 4.63. The number of aliphatic hydroxyl groups excluding tert-OH is 1. The van der Waals surface area contributed by atoms with Crippen molar-refractivity contribution >= 4 is 11.6 Å². The maximum atomic E-state index is 9.35. The fraction of sp³-hybridized carbons (Fsp3) is 0.273. The van der Waals surface area contributed by atoms with Gasteiger partial charge in [0.25, 0.3) is 0 Å². The Bertz CT molecular complexity index is 464. The highest BCUT2D eigenvalue weighted by Crippen LogP contribution is 2.14. The largest absolute Gasteiger partial charge is 0.393 e. The molecule has 1 N–H and O–H groups in total. The first-order chi connectivity index (χ1) is 7.66. The second-order valence-corrected chi connectivity index (χ2v) is 4.10. The van der Waals surface area contributed by atoms with Gasteiger partial charge < -0.3 is 5.11 Å². The Morgan fingerprint density at radius 1 is 1.38 bits per heavy atom. The molecule has 16 heavy (non-hydrogen) atoms. The van der Waals surface area contributed by atoms with Crippen LogP contribution in [0, 0.1) is 0 Å². The van der Waals surface area contributed by atoms with Gasteiger partial charge in [0.1, 0.15) is 0 Å². The van der Waals surface area contributed by atoms with Gasteiger partial charge in [0.2, 0.25) is 0 Å². The summed E-state index contributed by atoms with van der Waals surface area (Å²) >= 11 is 5.81. The molecule has 1 aromatic carbocycles. The van der Waals surface area contributed by atoms with Crippen LogP contribution >= 0.6 is 11.6 Å². The maximum absolute atomic E-state index is 9.35. The van der Waals surface area contributed by atoms with Crippen LogP contribution in [0.2, 0.25) is 5.02 Å². The molecule has 1 heterocycles. The minimum atomic E-state index is -0.412. The first-order valence-electron chi connectivity index (χ1n) is 5.00. The van der Waals surface area contributed by atoms with E-state index in [0.29, 0.717) is 11.4 Å². The first kappa shape index (κ1) is 11.1. The average Bonchev–Trinajstić information content (AvgIpc) is 2.66. The van der Waals surface area contributed by atoms with Crippen molar-refractivity contribution in [2.75, 3.05) is 0 Å². The zero-order valence-electron chi connectivity index (χ0n) is 8.84. The molecule has 1 atom stereocenters. The van der Waals surface area contributed by atoms with E-state index in [0.717, 1.165) is 11.4 Å². The van der Waals surface area contributed by atoms with Crippen molar-refractivity contribution in [3.8, 4) is 5.69 Å². The van der Waals surface area contributed by atoms with Crippen LogP contribution in [-0.2, 0) is 6.42 Å². The van der Waals surface area contributed by atoms with Gasteiger partial charge in [-0.25, -0.2) is 4.68 Å². The third kappa shape index (κ3) is 2.40. The quantitative estimate of drug-likeness (QED) is 0.886. The summed E-state index contributed by atoms with van der Waals surface area (Å²) in [5, 5.41) is 17.9. The molecule has 0 aliphatic rings. The van der Waals surface area contributed by atoms with Crippen LogP contribution in [0.5, 0.6) is 0 Å². The van der Waals surface area contributed by atoms with Gasteiger partial charge in [-0.05, 0) is 31.2 Å². The normalized spacial score (nSPS) is 12.7. The highest BCUT2D eigenvalue weighted by Gasteiger charge is 2.08. The van der Waals surface area contributed by atoms with Crippen LogP contribution in [-0.4, -0.2) is 26.2 Å². The molecule has 0 bridgehead atoms. The SMILES string of the molecule is CC(O)Cc1cnnn1-c1ccc(Cl)cc1. The Labute approximate surface area is 98.5 Å². The monoisotopic (exact) mass is 237 g/mol. The second-order valence-electron chi connectivity index (χ2n) is 3.67. The van der Waals surface area contributed by atoms with Crippen LogP contribution in [0.15, 0.2) is 30.5 Å². The standard InChI is InChI=1S/C11H12ClN3O/c1-8(16)6-11-7-13-14-15(11)10-4-2-9(12)3-5-10/h2-5,7-8,16H,6H2,1H3. The summed E-state index contributed by atoms with van der Waals surface area (Å²) in [6.45, 7) is 1.74. The number of benzene rings is 1. The number of hydrogen-bond donors (Lipinski definition) is 1. The number of hydrogen-bond acceptors (Lipinski definition) is 3. The van der Waals surface area contributed by atoms with Crippen molar-refractivity contribution in [2.24, 2.45) is 0 Å².